The van der Waals surface area contributed by atoms with Crippen LogP contribution in [0.3, 0.4) is 0 Å². The molecule has 0 bridgehead atoms. The van der Waals surface area contributed by atoms with Gasteiger partial charge in [-0.2, -0.15) is 0 Å². The third-order valence-corrected chi connectivity index (χ3v) is 2.67. The van der Waals surface area contributed by atoms with Gasteiger partial charge in [0.25, 0.3) is 0 Å². The molecule has 0 aliphatic heterocycles. The molecule has 0 aliphatic rings. The van der Waals surface area contributed by atoms with Crippen molar-refractivity contribution in [2.24, 2.45) is 0 Å². The van der Waals surface area contributed by atoms with E-state index in [4.69, 9.17) is 4.52 Å². The number of para-hydroxylation sites is 1. The Bertz CT molecular complexity index is 651. The SMILES string of the molecule is COC(=O)c1ccccc1NCC(=O)Nc1cc(C)on1. The van der Waals surface area contributed by atoms with Gasteiger partial charge in [0.15, 0.2) is 5.82 Å². The number of carbonyl (C=O) groups excluding carboxylic acids is 2. The van der Waals surface area contributed by atoms with E-state index in [1.165, 1.54) is 7.11 Å². The van der Waals surface area contributed by atoms with Gasteiger partial charge in [0.05, 0.1) is 19.2 Å². The Hall–Kier alpha value is -2.83. The largest absolute Gasteiger partial charge is 0.465 e. The first kappa shape index (κ1) is 14.6. The molecule has 0 spiro atoms. The smallest absolute Gasteiger partial charge is 0.339 e. The molecule has 7 heteroatoms. The zero-order valence-corrected chi connectivity index (χ0v) is 11.7. The summed E-state index contributed by atoms with van der Waals surface area (Å²) >= 11 is 0. The number of aromatic nitrogens is 1. The van der Waals surface area contributed by atoms with Crippen LogP contribution in [-0.2, 0) is 9.53 Å². The van der Waals surface area contributed by atoms with Crippen molar-refractivity contribution in [3.8, 4) is 0 Å². The summed E-state index contributed by atoms with van der Waals surface area (Å²) in [7, 11) is 1.30. The number of methoxy groups -OCH3 is 1. The highest BCUT2D eigenvalue weighted by Gasteiger charge is 2.12. The van der Waals surface area contributed by atoms with Gasteiger partial charge in [-0.25, -0.2) is 4.79 Å². The molecule has 0 saturated carbocycles. The molecule has 1 aromatic heterocycles. The molecular weight excluding hydrogens is 274 g/mol. The standard InChI is InChI=1S/C14H15N3O4/c1-9-7-12(17-21-9)16-13(18)8-15-11-6-4-3-5-10(11)14(19)20-2/h3-7,15H,8H2,1-2H3,(H,16,17,18). The van der Waals surface area contributed by atoms with E-state index in [0.29, 0.717) is 22.8 Å². The molecule has 0 saturated heterocycles. The fourth-order valence-corrected chi connectivity index (χ4v) is 1.71. The van der Waals surface area contributed by atoms with Gasteiger partial charge in [-0.15, -0.1) is 0 Å². The molecule has 2 N–H and O–H groups in total. The average Bonchev–Trinajstić information content (AvgIpc) is 2.89. The van der Waals surface area contributed by atoms with Gasteiger partial charge in [-0.05, 0) is 19.1 Å². The Balaban J connectivity index is 1.96. The maximum absolute atomic E-state index is 11.8. The van der Waals surface area contributed by atoms with E-state index in [0.717, 1.165) is 0 Å². The molecule has 2 rings (SSSR count). The number of esters is 1. The first-order chi connectivity index (χ1) is 10.1. The molecule has 0 unspecified atom stereocenters. The first-order valence-electron chi connectivity index (χ1n) is 6.24. The Kier molecular flexibility index (Phi) is 4.55. The third kappa shape index (κ3) is 3.82. The molecular formula is C14H15N3O4. The number of hydrogen-bond acceptors (Lipinski definition) is 6. The fraction of sp³-hybridized carbons (Fsp3) is 0.214. The number of amides is 1. The molecule has 21 heavy (non-hydrogen) atoms. The maximum Gasteiger partial charge on any atom is 0.339 e. The van der Waals surface area contributed by atoms with E-state index < -0.39 is 5.97 Å². The van der Waals surface area contributed by atoms with E-state index in [1.807, 2.05) is 0 Å². The van der Waals surface area contributed by atoms with Crippen LogP contribution in [0.15, 0.2) is 34.9 Å². The molecule has 2 aromatic rings. The van der Waals surface area contributed by atoms with E-state index >= 15 is 0 Å². The summed E-state index contributed by atoms with van der Waals surface area (Å²) in [5.41, 5.74) is 0.890. The van der Waals surface area contributed by atoms with Gasteiger partial charge in [-0.1, -0.05) is 17.3 Å². The number of aryl methyl sites for hydroxylation is 1. The summed E-state index contributed by atoms with van der Waals surface area (Å²) in [5.74, 6) is 0.184. The second-order valence-electron chi connectivity index (χ2n) is 4.26. The predicted molar refractivity (Wildman–Crippen MR) is 76.1 cm³/mol. The highest BCUT2D eigenvalue weighted by Crippen LogP contribution is 2.15. The molecule has 0 fully saturated rings. The van der Waals surface area contributed by atoms with E-state index in [2.05, 4.69) is 20.5 Å². The van der Waals surface area contributed by atoms with Gasteiger partial charge in [0.1, 0.15) is 5.76 Å². The summed E-state index contributed by atoms with van der Waals surface area (Å²) in [5, 5.41) is 9.12. The average molecular weight is 289 g/mol. The normalized spacial score (nSPS) is 10.0. The lowest BCUT2D eigenvalue weighted by Crippen LogP contribution is -2.22. The Morgan fingerprint density at radius 1 is 1.33 bits per heavy atom. The van der Waals surface area contributed by atoms with Crippen LogP contribution in [-0.4, -0.2) is 30.7 Å². The summed E-state index contributed by atoms with van der Waals surface area (Å²) in [4.78, 5) is 23.4. The minimum Gasteiger partial charge on any atom is -0.465 e. The number of hydrogen-bond donors (Lipinski definition) is 2. The van der Waals surface area contributed by atoms with E-state index in [9.17, 15) is 9.59 Å². The van der Waals surface area contributed by atoms with Gasteiger partial charge in [-0.3, -0.25) is 4.79 Å². The van der Waals surface area contributed by atoms with Crippen LogP contribution in [0.1, 0.15) is 16.1 Å². The van der Waals surface area contributed by atoms with Crippen LogP contribution in [0.25, 0.3) is 0 Å². The van der Waals surface area contributed by atoms with Gasteiger partial charge < -0.3 is 19.9 Å². The Morgan fingerprint density at radius 3 is 2.76 bits per heavy atom. The number of rotatable bonds is 5. The summed E-state index contributed by atoms with van der Waals surface area (Å²) in [6.07, 6.45) is 0. The van der Waals surface area contributed by atoms with Crippen molar-refractivity contribution >= 4 is 23.4 Å². The fourth-order valence-electron chi connectivity index (χ4n) is 1.71. The number of nitrogens with one attached hydrogen (secondary N) is 2. The molecule has 0 atom stereocenters. The molecule has 1 aromatic carbocycles. The third-order valence-electron chi connectivity index (χ3n) is 2.67. The second-order valence-corrected chi connectivity index (χ2v) is 4.26. The molecule has 0 radical (unpaired) electrons. The predicted octanol–water partition coefficient (Wildman–Crippen LogP) is 1.82. The lowest BCUT2D eigenvalue weighted by atomic mass is 10.2. The van der Waals surface area contributed by atoms with Gasteiger partial charge >= 0.3 is 5.97 Å². The molecule has 110 valence electrons. The van der Waals surface area contributed by atoms with Crippen molar-refractivity contribution < 1.29 is 18.8 Å². The van der Waals surface area contributed by atoms with Crippen LogP contribution in [0.2, 0.25) is 0 Å². The molecule has 0 aliphatic carbocycles. The second kappa shape index (κ2) is 6.56. The van der Waals surface area contributed by atoms with Gasteiger partial charge in [0, 0.05) is 11.8 Å². The number of carbonyl (C=O) groups is 2. The van der Waals surface area contributed by atoms with Crippen molar-refractivity contribution in [2.45, 2.75) is 6.92 Å². The minimum absolute atomic E-state index is 0.0140. The lowest BCUT2D eigenvalue weighted by Gasteiger charge is -2.10. The highest BCUT2D eigenvalue weighted by molar-refractivity contribution is 5.97. The van der Waals surface area contributed by atoms with Gasteiger partial charge in [0.2, 0.25) is 5.91 Å². The first-order valence-corrected chi connectivity index (χ1v) is 6.24. The number of nitrogens with zero attached hydrogens (tertiary/aromatic N) is 1. The van der Waals surface area contributed by atoms with Crippen molar-refractivity contribution in [1.29, 1.82) is 0 Å². The molecule has 7 nitrogen and oxygen atoms in total. The summed E-state index contributed by atoms with van der Waals surface area (Å²) < 4.78 is 9.53. The summed E-state index contributed by atoms with van der Waals surface area (Å²) in [6, 6.07) is 8.40. The number of benzene rings is 1. The zero-order chi connectivity index (χ0) is 15.2. The van der Waals surface area contributed by atoms with Crippen molar-refractivity contribution in [2.75, 3.05) is 24.3 Å². The lowest BCUT2D eigenvalue weighted by molar-refractivity contribution is -0.114. The van der Waals surface area contributed by atoms with Crippen LogP contribution < -0.4 is 10.6 Å². The number of ether oxygens (including phenoxy) is 1. The van der Waals surface area contributed by atoms with E-state index in [-0.39, 0.29) is 12.5 Å². The topological polar surface area (TPSA) is 93.5 Å². The van der Waals surface area contributed by atoms with Crippen molar-refractivity contribution in [3.05, 3.63) is 41.7 Å². The Morgan fingerprint density at radius 2 is 2.10 bits per heavy atom. The monoisotopic (exact) mass is 289 g/mol. The quantitative estimate of drug-likeness (QED) is 0.815. The highest BCUT2D eigenvalue weighted by atomic mass is 16.5. The molecule has 1 heterocycles. The summed E-state index contributed by atoms with van der Waals surface area (Å²) in [6.45, 7) is 1.72. The van der Waals surface area contributed by atoms with Crippen LogP contribution in [0.5, 0.6) is 0 Å². The van der Waals surface area contributed by atoms with E-state index in [1.54, 1.807) is 37.3 Å². The zero-order valence-electron chi connectivity index (χ0n) is 11.7. The number of anilines is 2. The Labute approximate surface area is 121 Å². The van der Waals surface area contributed by atoms with Crippen molar-refractivity contribution in [3.63, 3.8) is 0 Å². The van der Waals surface area contributed by atoms with Crippen molar-refractivity contribution in [1.82, 2.24) is 5.16 Å². The van der Waals surface area contributed by atoms with Crippen LogP contribution in [0, 0.1) is 6.92 Å². The maximum atomic E-state index is 11.8. The minimum atomic E-state index is -0.467. The molecule has 1 amide bonds. The van der Waals surface area contributed by atoms with Crippen LogP contribution >= 0.6 is 0 Å². The van der Waals surface area contributed by atoms with Crippen LogP contribution in [0.4, 0.5) is 11.5 Å².